The summed E-state index contributed by atoms with van der Waals surface area (Å²) < 4.78 is 0. The second-order valence-electron chi connectivity index (χ2n) is 3.66. The molecule has 0 aliphatic rings. The Kier molecular flexibility index (Phi) is 4.99. The highest BCUT2D eigenvalue weighted by Gasteiger charge is 2.15. The van der Waals surface area contributed by atoms with Crippen LogP contribution >= 0.6 is 11.3 Å². The van der Waals surface area contributed by atoms with Gasteiger partial charge in [-0.25, -0.2) is 4.98 Å². The Morgan fingerprint density at radius 3 is 2.73 bits per heavy atom. The molecule has 0 aromatic carbocycles. The first-order chi connectivity index (χ1) is 7.19. The summed E-state index contributed by atoms with van der Waals surface area (Å²) in [6.07, 6.45) is 4.14. The molecule has 1 atom stereocenters. The molecule has 1 aromatic rings. The van der Waals surface area contributed by atoms with Gasteiger partial charge in [-0.1, -0.05) is 13.0 Å². The number of nitrogens with zero attached hydrogens (tertiary/aromatic N) is 1. The van der Waals surface area contributed by atoms with Crippen molar-refractivity contribution in [3.63, 3.8) is 0 Å². The molecule has 0 spiro atoms. The fourth-order valence-corrected chi connectivity index (χ4v) is 2.76. The van der Waals surface area contributed by atoms with Crippen LogP contribution in [0.25, 0.3) is 0 Å². The fourth-order valence-electron chi connectivity index (χ4n) is 1.73. The lowest BCUT2D eigenvalue weighted by molar-refractivity contribution is 0.524. The van der Waals surface area contributed by atoms with Gasteiger partial charge in [0.1, 0.15) is 0 Å². The van der Waals surface area contributed by atoms with Crippen molar-refractivity contribution < 1.29 is 0 Å². The average molecular weight is 224 g/mol. The smallest absolute Gasteiger partial charge is 0.0900 e. The molecule has 1 unspecified atom stereocenters. The number of aryl methyl sites for hydroxylation is 2. The predicted octanol–water partition coefficient (Wildman–Crippen LogP) is 3.38. The first-order valence-electron chi connectivity index (χ1n) is 5.47. The Morgan fingerprint density at radius 1 is 1.53 bits per heavy atom. The maximum atomic E-state index is 4.47. The van der Waals surface area contributed by atoms with Gasteiger partial charge >= 0.3 is 0 Å². The third-order valence-electron chi connectivity index (χ3n) is 2.37. The van der Waals surface area contributed by atoms with Crippen molar-refractivity contribution in [1.29, 1.82) is 0 Å². The van der Waals surface area contributed by atoms with Crippen LogP contribution in [0.1, 0.15) is 41.4 Å². The van der Waals surface area contributed by atoms with E-state index in [1.54, 1.807) is 11.3 Å². The van der Waals surface area contributed by atoms with Crippen LogP contribution in [0, 0.1) is 13.8 Å². The van der Waals surface area contributed by atoms with Gasteiger partial charge in [-0.2, -0.15) is 0 Å². The summed E-state index contributed by atoms with van der Waals surface area (Å²) in [5.74, 6) is 0. The Labute approximate surface area is 96.4 Å². The van der Waals surface area contributed by atoms with Crippen LogP contribution in [0.3, 0.4) is 0 Å². The number of aromatic nitrogens is 1. The van der Waals surface area contributed by atoms with Crippen LogP contribution in [0.15, 0.2) is 12.7 Å². The molecule has 0 saturated carbocycles. The number of rotatable bonds is 6. The van der Waals surface area contributed by atoms with Gasteiger partial charge in [-0.15, -0.1) is 17.9 Å². The molecule has 1 rings (SSSR count). The van der Waals surface area contributed by atoms with Crippen molar-refractivity contribution in [2.45, 2.75) is 39.7 Å². The molecule has 1 N–H and O–H groups in total. The summed E-state index contributed by atoms with van der Waals surface area (Å²) >= 11 is 1.80. The minimum Gasteiger partial charge on any atom is -0.309 e. The van der Waals surface area contributed by atoms with E-state index < -0.39 is 0 Å². The maximum Gasteiger partial charge on any atom is 0.0900 e. The number of thiazole rings is 1. The molecular weight excluding hydrogens is 204 g/mol. The number of allylic oxidation sites excluding steroid dienone is 1. The van der Waals surface area contributed by atoms with Gasteiger partial charge in [0.25, 0.3) is 0 Å². The Bertz CT molecular complexity index is 317. The van der Waals surface area contributed by atoms with Gasteiger partial charge in [0.15, 0.2) is 0 Å². The van der Waals surface area contributed by atoms with E-state index in [-0.39, 0.29) is 0 Å². The first-order valence-corrected chi connectivity index (χ1v) is 6.28. The fraction of sp³-hybridized carbons (Fsp3) is 0.583. The molecule has 2 nitrogen and oxygen atoms in total. The lowest BCUT2D eigenvalue weighted by Crippen LogP contribution is -2.20. The van der Waals surface area contributed by atoms with Crippen LogP contribution in [0.2, 0.25) is 0 Å². The normalized spacial score (nSPS) is 12.7. The summed E-state index contributed by atoms with van der Waals surface area (Å²) in [5.41, 5.74) is 1.17. The van der Waals surface area contributed by atoms with E-state index >= 15 is 0 Å². The van der Waals surface area contributed by atoms with Crippen LogP contribution in [0.4, 0.5) is 0 Å². The predicted molar refractivity (Wildman–Crippen MR) is 67.4 cm³/mol. The van der Waals surface area contributed by atoms with Crippen LogP contribution in [0.5, 0.6) is 0 Å². The highest BCUT2D eigenvalue weighted by Crippen LogP contribution is 2.27. The molecule has 3 heteroatoms. The van der Waals surface area contributed by atoms with Crippen molar-refractivity contribution in [2.75, 3.05) is 6.54 Å². The highest BCUT2D eigenvalue weighted by atomic mass is 32.1. The van der Waals surface area contributed by atoms with E-state index in [1.165, 1.54) is 10.6 Å². The molecular formula is C12H20N2S. The largest absolute Gasteiger partial charge is 0.309 e. The van der Waals surface area contributed by atoms with Gasteiger partial charge in [-0.3, -0.25) is 0 Å². The number of hydrogen-bond acceptors (Lipinski definition) is 3. The molecule has 1 aromatic heterocycles. The van der Waals surface area contributed by atoms with Crippen molar-refractivity contribution in [2.24, 2.45) is 0 Å². The molecule has 0 amide bonds. The molecule has 0 fully saturated rings. The zero-order valence-corrected chi connectivity index (χ0v) is 10.7. The maximum absolute atomic E-state index is 4.47. The first kappa shape index (κ1) is 12.4. The summed E-state index contributed by atoms with van der Waals surface area (Å²) in [7, 11) is 0. The van der Waals surface area contributed by atoms with Gasteiger partial charge in [0.2, 0.25) is 0 Å². The summed E-state index contributed by atoms with van der Waals surface area (Å²) in [6, 6.07) is 0.444. The van der Waals surface area contributed by atoms with Gasteiger partial charge < -0.3 is 5.32 Å². The van der Waals surface area contributed by atoms with Crippen molar-refractivity contribution >= 4 is 11.3 Å². The van der Waals surface area contributed by atoms with Gasteiger partial charge in [0.05, 0.1) is 10.7 Å². The minimum absolute atomic E-state index is 0.444. The molecule has 0 saturated heterocycles. The quantitative estimate of drug-likeness (QED) is 0.749. The molecule has 1 heterocycles. The van der Waals surface area contributed by atoms with Crippen LogP contribution in [-0.4, -0.2) is 11.5 Å². The van der Waals surface area contributed by atoms with E-state index in [2.05, 4.69) is 37.7 Å². The number of nitrogens with one attached hydrogen (secondary N) is 1. The van der Waals surface area contributed by atoms with Crippen molar-refractivity contribution in [1.82, 2.24) is 10.3 Å². The van der Waals surface area contributed by atoms with Crippen LogP contribution < -0.4 is 5.32 Å². The van der Waals surface area contributed by atoms with E-state index in [0.717, 1.165) is 24.4 Å². The summed E-state index contributed by atoms with van der Waals surface area (Å²) in [5, 5.41) is 4.67. The topological polar surface area (TPSA) is 24.9 Å². The molecule has 15 heavy (non-hydrogen) atoms. The van der Waals surface area contributed by atoms with E-state index in [1.807, 2.05) is 6.08 Å². The zero-order chi connectivity index (χ0) is 11.3. The molecule has 0 bridgehead atoms. The van der Waals surface area contributed by atoms with Crippen LogP contribution in [-0.2, 0) is 0 Å². The third kappa shape index (κ3) is 3.43. The molecule has 0 radical (unpaired) electrons. The zero-order valence-electron chi connectivity index (χ0n) is 9.84. The second-order valence-corrected chi connectivity index (χ2v) is 4.89. The monoisotopic (exact) mass is 224 g/mol. The molecule has 0 aliphatic heterocycles. The molecule has 0 aliphatic carbocycles. The Morgan fingerprint density at radius 2 is 2.27 bits per heavy atom. The Hall–Kier alpha value is -0.670. The minimum atomic E-state index is 0.444. The lowest BCUT2D eigenvalue weighted by atomic mass is 10.1. The summed E-state index contributed by atoms with van der Waals surface area (Å²) in [4.78, 5) is 5.86. The van der Waals surface area contributed by atoms with Gasteiger partial charge in [0, 0.05) is 10.9 Å². The van der Waals surface area contributed by atoms with E-state index in [4.69, 9.17) is 0 Å². The average Bonchev–Trinajstić information content (AvgIpc) is 2.52. The van der Waals surface area contributed by atoms with E-state index in [0.29, 0.717) is 6.04 Å². The second kappa shape index (κ2) is 6.03. The standard InChI is InChI=1S/C12H20N2S/c1-5-7-8-11(13-6-2)12-9(3)14-10(4)15-12/h5,11,13H,1,6-8H2,2-4H3. The summed E-state index contributed by atoms with van der Waals surface area (Å²) in [6.45, 7) is 11.1. The van der Waals surface area contributed by atoms with E-state index in [9.17, 15) is 0 Å². The SMILES string of the molecule is C=CCCC(NCC)c1sc(C)nc1C. The van der Waals surface area contributed by atoms with Crippen molar-refractivity contribution in [3.05, 3.63) is 28.2 Å². The Balaban J connectivity index is 2.77. The third-order valence-corrected chi connectivity index (χ3v) is 3.55. The lowest BCUT2D eigenvalue weighted by Gasteiger charge is -2.15. The number of hydrogen-bond donors (Lipinski definition) is 1. The van der Waals surface area contributed by atoms with Crippen molar-refractivity contribution in [3.8, 4) is 0 Å². The molecule has 84 valence electrons. The highest BCUT2D eigenvalue weighted by molar-refractivity contribution is 7.11. The van der Waals surface area contributed by atoms with Gasteiger partial charge in [-0.05, 0) is 33.2 Å².